The lowest BCUT2D eigenvalue weighted by Gasteiger charge is -2.39. The highest BCUT2D eigenvalue weighted by Gasteiger charge is 2.74. The second-order valence-corrected chi connectivity index (χ2v) is 12.5. The van der Waals surface area contributed by atoms with Crippen LogP contribution >= 0.6 is 23.4 Å². The van der Waals surface area contributed by atoms with Crippen molar-refractivity contribution in [2.45, 2.75) is 41.3 Å². The zero-order valence-electron chi connectivity index (χ0n) is 22.2. The predicted octanol–water partition coefficient (Wildman–Crippen LogP) is 4.28. The molecule has 0 aromatic heterocycles. The number of anilines is 1. The maximum atomic E-state index is 14.7. The van der Waals surface area contributed by atoms with Gasteiger partial charge in [0.2, 0.25) is 5.91 Å². The van der Waals surface area contributed by atoms with Crippen molar-refractivity contribution in [3.63, 3.8) is 0 Å². The molecule has 3 aliphatic heterocycles. The number of amides is 2. The zero-order valence-corrected chi connectivity index (χ0v) is 23.7. The molecule has 40 heavy (non-hydrogen) atoms. The van der Waals surface area contributed by atoms with E-state index in [1.165, 1.54) is 6.08 Å². The number of aliphatic hydroxyl groups excluding tert-OH is 1. The normalized spacial score (nSPS) is 27.2. The maximum absolute atomic E-state index is 14.7. The van der Waals surface area contributed by atoms with Gasteiger partial charge < -0.3 is 19.6 Å². The minimum absolute atomic E-state index is 0.0592. The molecule has 2 aromatic rings. The molecule has 0 saturated carbocycles. The smallest absolute Gasteiger partial charge is 0.311 e. The Hall–Kier alpha value is -3.07. The number of carbonyl (C=O) groups is 3. The first-order chi connectivity index (χ1) is 19.4. The number of hydrogen-bond donors (Lipinski definition) is 1. The number of benzene rings is 2. The van der Waals surface area contributed by atoms with Gasteiger partial charge in [0, 0.05) is 22.5 Å². The molecule has 6 atom stereocenters. The second-order valence-electron chi connectivity index (χ2n) is 10.5. The van der Waals surface area contributed by atoms with Gasteiger partial charge in [-0.05, 0) is 49.1 Å². The SMILES string of the molecule is C=CCOC(=O)[C@@H]1[C@@H]2CCC3(S2)C(C(=O)N(CC=C)c2ccc(Cl)cc2)N([C@@H](CO)Cc2ccccc2)C(=O)[C@H]13. The van der Waals surface area contributed by atoms with Crippen molar-refractivity contribution in [3.05, 3.63) is 90.5 Å². The van der Waals surface area contributed by atoms with Gasteiger partial charge in [0.25, 0.3) is 5.91 Å². The fourth-order valence-corrected chi connectivity index (χ4v) is 8.94. The molecule has 2 aromatic carbocycles. The van der Waals surface area contributed by atoms with E-state index in [1.54, 1.807) is 51.9 Å². The van der Waals surface area contributed by atoms with E-state index >= 15 is 0 Å². The van der Waals surface area contributed by atoms with Crippen LogP contribution in [0.2, 0.25) is 5.02 Å². The van der Waals surface area contributed by atoms with Gasteiger partial charge in [0.1, 0.15) is 12.6 Å². The summed E-state index contributed by atoms with van der Waals surface area (Å²) in [6.07, 6.45) is 4.83. The molecule has 7 nitrogen and oxygen atoms in total. The van der Waals surface area contributed by atoms with E-state index in [2.05, 4.69) is 13.2 Å². The van der Waals surface area contributed by atoms with Gasteiger partial charge in [-0.2, -0.15) is 0 Å². The lowest BCUT2D eigenvalue weighted by molar-refractivity contribution is -0.153. The fraction of sp³-hybridized carbons (Fsp3) is 0.387. The van der Waals surface area contributed by atoms with Gasteiger partial charge in [-0.15, -0.1) is 18.3 Å². The first-order valence-corrected chi connectivity index (χ1v) is 14.7. The van der Waals surface area contributed by atoms with Gasteiger partial charge in [0.05, 0.1) is 29.2 Å². The topological polar surface area (TPSA) is 87.2 Å². The number of rotatable bonds is 11. The van der Waals surface area contributed by atoms with Gasteiger partial charge in [-0.1, -0.05) is 60.7 Å². The maximum Gasteiger partial charge on any atom is 0.311 e. The molecule has 1 N–H and O–H groups in total. The van der Waals surface area contributed by atoms with Crippen LogP contribution in [0.1, 0.15) is 18.4 Å². The van der Waals surface area contributed by atoms with Crippen LogP contribution in [-0.4, -0.2) is 69.6 Å². The minimum atomic E-state index is -0.881. The summed E-state index contributed by atoms with van der Waals surface area (Å²) < 4.78 is 4.64. The number of nitrogens with zero attached hydrogens (tertiary/aromatic N) is 2. The Bertz CT molecular complexity index is 1290. The average Bonchev–Trinajstić information content (AvgIpc) is 3.61. The first-order valence-electron chi connectivity index (χ1n) is 13.5. The van der Waals surface area contributed by atoms with E-state index in [9.17, 15) is 19.5 Å². The van der Waals surface area contributed by atoms with Crippen LogP contribution in [-0.2, 0) is 25.5 Å². The Labute approximate surface area is 243 Å². The molecular weight excluding hydrogens is 548 g/mol. The van der Waals surface area contributed by atoms with Crippen molar-refractivity contribution in [2.75, 3.05) is 24.7 Å². The van der Waals surface area contributed by atoms with Crippen molar-refractivity contribution in [1.82, 2.24) is 4.90 Å². The summed E-state index contributed by atoms with van der Waals surface area (Å²) in [7, 11) is 0. The third kappa shape index (κ3) is 4.86. The van der Waals surface area contributed by atoms with Crippen LogP contribution in [0.4, 0.5) is 5.69 Å². The Morgan fingerprint density at radius 1 is 1.18 bits per heavy atom. The zero-order chi connectivity index (χ0) is 28.4. The Kier molecular flexibility index (Phi) is 8.40. The van der Waals surface area contributed by atoms with Gasteiger partial charge in [-0.3, -0.25) is 14.4 Å². The van der Waals surface area contributed by atoms with Crippen LogP contribution in [0, 0.1) is 11.8 Å². The van der Waals surface area contributed by atoms with E-state index in [4.69, 9.17) is 16.3 Å². The van der Waals surface area contributed by atoms with Gasteiger partial charge in [-0.25, -0.2) is 0 Å². The van der Waals surface area contributed by atoms with E-state index in [0.29, 0.717) is 30.0 Å². The number of esters is 1. The highest BCUT2D eigenvalue weighted by atomic mass is 35.5. The van der Waals surface area contributed by atoms with Crippen molar-refractivity contribution in [3.8, 4) is 0 Å². The molecule has 5 rings (SSSR count). The molecule has 2 unspecified atom stereocenters. The summed E-state index contributed by atoms with van der Waals surface area (Å²) in [5.74, 6) is -2.36. The third-order valence-corrected chi connectivity index (χ3v) is 10.4. The molecule has 9 heteroatoms. The fourth-order valence-electron chi connectivity index (χ4n) is 6.63. The standard InChI is InChI=1S/C31H33ClN2O5S/c1-3-16-33(22-12-10-21(32)11-13-22)29(37)27-31-15-14-24(40-31)25(30(38)39-17-4-2)26(31)28(36)34(27)23(19-35)18-20-8-6-5-7-9-20/h3-13,23-27,35H,1-2,14-19H2/t23-,24+,25-,26+,27?,31?/m1/s1. The number of likely N-dealkylation sites (tertiary alicyclic amines) is 1. The van der Waals surface area contributed by atoms with Crippen molar-refractivity contribution in [1.29, 1.82) is 0 Å². The van der Waals surface area contributed by atoms with E-state index < -0.39 is 34.6 Å². The van der Waals surface area contributed by atoms with Crippen LogP contribution in [0.25, 0.3) is 0 Å². The van der Waals surface area contributed by atoms with Crippen molar-refractivity contribution in [2.24, 2.45) is 11.8 Å². The van der Waals surface area contributed by atoms with Crippen LogP contribution in [0.15, 0.2) is 79.9 Å². The Morgan fingerprint density at radius 2 is 1.90 bits per heavy atom. The number of thioether (sulfide) groups is 1. The molecule has 2 bridgehead atoms. The highest BCUT2D eigenvalue weighted by Crippen LogP contribution is 2.67. The molecule has 2 amide bonds. The molecule has 3 saturated heterocycles. The second kappa shape index (κ2) is 11.8. The monoisotopic (exact) mass is 580 g/mol. The van der Waals surface area contributed by atoms with E-state index in [0.717, 1.165) is 5.56 Å². The van der Waals surface area contributed by atoms with Crippen molar-refractivity contribution >= 4 is 46.8 Å². The molecule has 0 radical (unpaired) electrons. The first kappa shape index (κ1) is 28.5. The minimum Gasteiger partial charge on any atom is -0.461 e. The summed E-state index contributed by atoms with van der Waals surface area (Å²) in [5, 5.41) is 11.0. The molecule has 210 valence electrons. The summed E-state index contributed by atoms with van der Waals surface area (Å²) in [5.41, 5.74) is 1.57. The molecule has 3 aliphatic rings. The number of hydrogen-bond acceptors (Lipinski definition) is 6. The van der Waals surface area contributed by atoms with Gasteiger partial charge in [0.15, 0.2) is 0 Å². The summed E-state index contributed by atoms with van der Waals surface area (Å²) >= 11 is 7.69. The van der Waals surface area contributed by atoms with E-state index in [-0.39, 0.29) is 36.8 Å². The summed E-state index contributed by atoms with van der Waals surface area (Å²) in [4.78, 5) is 45.5. The molecule has 3 fully saturated rings. The molecule has 0 aliphatic carbocycles. The largest absolute Gasteiger partial charge is 0.461 e. The lowest BCUT2D eigenvalue weighted by atomic mass is 9.71. The number of fused-ring (bicyclic) bond motifs is 1. The Morgan fingerprint density at radius 3 is 2.55 bits per heavy atom. The number of ether oxygens (including phenoxy) is 1. The quantitative estimate of drug-likeness (QED) is 0.315. The number of aliphatic hydroxyl groups is 1. The van der Waals surface area contributed by atoms with Crippen LogP contribution < -0.4 is 4.90 Å². The molecule has 1 spiro atoms. The van der Waals surface area contributed by atoms with Crippen LogP contribution in [0.5, 0.6) is 0 Å². The lowest BCUT2D eigenvalue weighted by Crippen LogP contribution is -2.58. The van der Waals surface area contributed by atoms with Crippen molar-refractivity contribution < 1.29 is 24.2 Å². The molecular formula is C31H33ClN2O5S. The van der Waals surface area contributed by atoms with E-state index in [1.807, 2.05) is 30.3 Å². The highest BCUT2D eigenvalue weighted by molar-refractivity contribution is 8.02. The summed E-state index contributed by atoms with van der Waals surface area (Å²) in [6, 6.07) is 15.0. The Balaban J connectivity index is 1.59. The number of carbonyl (C=O) groups excluding carboxylic acids is 3. The van der Waals surface area contributed by atoms with Crippen LogP contribution in [0.3, 0.4) is 0 Å². The number of halogens is 1. The van der Waals surface area contributed by atoms with Gasteiger partial charge >= 0.3 is 5.97 Å². The molecule has 3 heterocycles. The predicted molar refractivity (Wildman–Crippen MR) is 157 cm³/mol. The third-order valence-electron chi connectivity index (χ3n) is 8.22. The summed E-state index contributed by atoms with van der Waals surface area (Å²) in [6.45, 7) is 7.44. The average molecular weight is 581 g/mol.